The van der Waals surface area contributed by atoms with Crippen LogP contribution in [-0.4, -0.2) is 0 Å². The monoisotopic (exact) mass is 306 g/mol. The van der Waals surface area contributed by atoms with Gasteiger partial charge in [-0.05, 0) is 33.9 Å². The maximum Gasteiger partial charge on any atom is 0.139 e. The summed E-state index contributed by atoms with van der Waals surface area (Å²) in [4.78, 5) is 0. The minimum atomic E-state index is -0.184. The number of fused-ring (bicyclic) bond motifs is 3. The predicted octanol–water partition coefficient (Wildman–Crippen LogP) is 6.45. The quantitative estimate of drug-likeness (QED) is 0.354. The second-order valence-electron chi connectivity index (χ2n) is 5.29. The topological polar surface area (TPSA) is 0 Å². The van der Waals surface area contributed by atoms with E-state index in [1.54, 1.807) is 12.1 Å². The fraction of sp³-hybridized carbons (Fsp3) is 0. The molecule has 0 aliphatic carbocycles. The number of hydrogen-bond donors (Lipinski definition) is 0. The Kier molecular flexibility index (Phi) is 3.09. The highest BCUT2D eigenvalue weighted by molar-refractivity contribution is 6.30. The molecular formula is C20H12ClF. The second-order valence-corrected chi connectivity index (χ2v) is 5.72. The summed E-state index contributed by atoms with van der Waals surface area (Å²) in [5.74, 6) is -0.184. The van der Waals surface area contributed by atoms with Crippen molar-refractivity contribution in [2.75, 3.05) is 0 Å². The third-order valence-electron chi connectivity index (χ3n) is 4.00. The molecule has 0 radical (unpaired) electrons. The molecule has 4 aromatic rings. The van der Waals surface area contributed by atoms with Gasteiger partial charge >= 0.3 is 0 Å². The molecule has 0 spiro atoms. The van der Waals surface area contributed by atoms with E-state index in [1.807, 2.05) is 60.7 Å². The van der Waals surface area contributed by atoms with Crippen LogP contribution in [0, 0.1) is 5.82 Å². The van der Waals surface area contributed by atoms with Crippen molar-refractivity contribution in [3.8, 4) is 11.1 Å². The predicted molar refractivity (Wildman–Crippen MR) is 91.9 cm³/mol. The number of rotatable bonds is 1. The zero-order chi connectivity index (χ0) is 15.1. The van der Waals surface area contributed by atoms with Crippen molar-refractivity contribution < 1.29 is 4.39 Å². The first-order valence-electron chi connectivity index (χ1n) is 7.10. The Morgan fingerprint density at radius 1 is 0.591 bits per heavy atom. The van der Waals surface area contributed by atoms with Crippen molar-refractivity contribution in [3.05, 3.63) is 83.6 Å². The van der Waals surface area contributed by atoms with Gasteiger partial charge in [-0.25, -0.2) is 4.39 Å². The maximum absolute atomic E-state index is 15.2. The molecule has 0 aromatic heterocycles. The van der Waals surface area contributed by atoms with Crippen LogP contribution in [0.25, 0.3) is 32.7 Å². The number of benzene rings is 4. The molecule has 0 unspecified atom stereocenters. The molecule has 0 bridgehead atoms. The van der Waals surface area contributed by atoms with Crippen LogP contribution in [0.15, 0.2) is 72.8 Å². The zero-order valence-electron chi connectivity index (χ0n) is 11.7. The summed E-state index contributed by atoms with van der Waals surface area (Å²) in [6, 6.07) is 22.8. The van der Waals surface area contributed by atoms with Crippen LogP contribution in [0.1, 0.15) is 0 Å². The van der Waals surface area contributed by atoms with Crippen molar-refractivity contribution in [1.82, 2.24) is 0 Å². The normalized spacial score (nSPS) is 11.2. The Bertz CT molecular complexity index is 988. The molecule has 0 nitrogen and oxygen atoms in total. The van der Waals surface area contributed by atoms with Crippen molar-refractivity contribution in [1.29, 1.82) is 0 Å². The van der Waals surface area contributed by atoms with Gasteiger partial charge in [0.25, 0.3) is 0 Å². The SMILES string of the molecule is Fc1c(-c2ccc(Cl)cc2)c2ccccc2c2ccccc12. The van der Waals surface area contributed by atoms with E-state index >= 15 is 4.39 Å². The van der Waals surface area contributed by atoms with E-state index in [0.717, 1.165) is 21.7 Å². The van der Waals surface area contributed by atoms with E-state index in [4.69, 9.17) is 11.6 Å². The maximum atomic E-state index is 15.2. The lowest BCUT2D eigenvalue weighted by Gasteiger charge is -2.13. The van der Waals surface area contributed by atoms with Crippen LogP contribution >= 0.6 is 11.6 Å². The van der Waals surface area contributed by atoms with Gasteiger partial charge in [0.05, 0.1) is 0 Å². The molecule has 0 saturated carbocycles. The molecule has 106 valence electrons. The Hall–Kier alpha value is -2.38. The Labute approximate surface area is 132 Å². The molecule has 4 rings (SSSR count). The molecule has 0 aliphatic heterocycles. The average Bonchev–Trinajstić information content (AvgIpc) is 2.57. The van der Waals surface area contributed by atoms with Gasteiger partial charge in [0.1, 0.15) is 5.82 Å². The first kappa shape index (κ1) is 13.3. The van der Waals surface area contributed by atoms with Crippen LogP contribution in [0.5, 0.6) is 0 Å². The third kappa shape index (κ3) is 1.98. The van der Waals surface area contributed by atoms with Crippen LogP contribution in [0.2, 0.25) is 5.02 Å². The van der Waals surface area contributed by atoms with E-state index in [2.05, 4.69) is 0 Å². The fourth-order valence-electron chi connectivity index (χ4n) is 3.00. The van der Waals surface area contributed by atoms with Crippen LogP contribution < -0.4 is 0 Å². The molecule has 22 heavy (non-hydrogen) atoms. The summed E-state index contributed by atoms with van der Waals surface area (Å²) >= 11 is 5.96. The molecule has 0 saturated heterocycles. The summed E-state index contributed by atoms with van der Waals surface area (Å²) in [6.45, 7) is 0. The largest absolute Gasteiger partial charge is 0.206 e. The highest BCUT2D eigenvalue weighted by atomic mass is 35.5. The Balaban J connectivity index is 2.20. The lowest BCUT2D eigenvalue weighted by molar-refractivity contribution is 0.644. The zero-order valence-corrected chi connectivity index (χ0v) is 12.4. The van der Waals surface area contributed by atoms with Gasteiger partial charge in [0.15, 0.2) is 0 Å². The van der Waals surface area contributed by atoms with Crippen LogP contribution in [0.4, 0.5) is 4.39 Å². The van der Waals surface area contributed by atoms with E-state index in [0.29, 0.717) is 16.0 Å². The highest BCUT2D eigenvalue weighted by Gasteiger charge is 2.15. The minimum Gasteiger partial charge on any atom is -0.206 e. The number of halogens is 2. The molecular weight excluding hydrogens is 295 g/mol. The first-order valence-corrected chi connectivity index (χ1v) is 7.48. The number of hydrogen-bond acceptors (Lipinski definition) is 0. The van der Waals surface area contributed by atoms with Gasteiger partial charge in [-0.2, -0.15) is 0 Å². The summed E-state index contributed by atoms with van der Waals surface area (Å²) in [5.41, 5.74) is 1.47. The molecule has 0 N–H and O–H groups in total. The first-order chi connectivity index (χ1) is 10.8. The summed E-state index contributed by atoms with van der Waals surface area (Å²) < 4.78 is 15.2. The van der Waals surface area contributed by atoms with Gasteiger partial charge in [0, 0.05) is 16.0 Å². The van der Waals surface area contributed by atoms with E-state index in [1.165, 1.54) is 0 Å². The molecule has 0 atom stereocenters. The molecule has 4 aromatic carbocycles. The van der Waals surface area contributed by atoms with Gasteiger partial charge in [-0.1, -0.05) is 72.3 Å². The fourth-order valence-corrected chi connectivity index (χ4v) is 3.12. The van der Waals surface area contributed by atoms with Crippen LogP contribution in [0.3, 0.4) is 0 Å². The van der Waals surface area contributed by atoms with E-state index < -0.39 is 0 Å². The van der Waals surface area contributed by atoms with Gasteiger partial charge < -0.3 is 0 Å². The van der Waals surface area contributed by atoms with Crippen molar-refractivity contribution in [2.24, 2.45) is 0 Å². The van der Waals surface area contributed by atoms with E-state index in [-0.39, 0.29) is 5.82 Å². The molecule has 2 heteroatoms. The standard InChI is InChI=1S/C20H12ClF/c21-14-11-9-13(10-12-14)19-17-7-3-1-5-15(17)16-6-2-4-8-18(16)20(19)22/h1-12H. The smallest absolute Gasteiger partial charge is 0.139 e. The molecule has 0 amide bonds. The van der Waals surface area contributed by atoms with E-state index in [9.17, 15) is 0 Å². The summed E-state index contributed by atoms with van der Waals surface area (Å²) in [7, 11) is 0. The summed E-state index contributed by atoms with van der Waals surface area (Å²) in [6.07, 6.45) is 0. The average molecular weight is 307 g/mol. The van der Waals surface area contributed by atoms with Crippen molar-refractivity contribution in [3.63, 3.8) is 0 Å². The van der Waals surface area contributed by atoms with Crippen molar-refractivity contribution >= 4 is 33.1 Å². The minimum absolute atomic E-state index is 0.184. The second kappa shape index (κ2) is 5.11. The summed E-state index contributed by atoms with van der Waals surface area (Å²) in [5, 5.41) is 4.21. The lowest BCUT2D eigenvalue weighted by atomic mass is 9.92. The lowest BCUT2D eigenvalue weighted by Crippen LogP contribution is -1.90. The van der Waals surface area contributed by atoms with Gasteiger partial charge in [-0.15, -0.1) is 0 Å². The molecule has 0 fully saturated rings. The van der Waals surface area contributed by atoms with Gasteiger partial charge in [0.2, 0.25) is 0 Å². The van der Waals surface area contributed by atoms with Crippen LogP contribution in [-0.2, 0) is 0 Å². The highest BCUT2D eigenvalue weighted by Crippen LogP contribution is 2.38. The Morgan fingerprint density at radius 3 is 1.73 bits per heavy atom. The van der Waals surface area contributed by atoms with Crippen molar-refractivity contribution in [2.45, 2.75) is 0 Å². The molecule has 0 aliphatic rings. The Morgan fingerprint density at radius 2 is 1.09 bits per heavy atom. The molecule has 0 heterocycles. The van der Waals surface area contributed by atoms with Gasteiger partial charge in [-0.3, -0.25) is 0 Å². The third-order valence-corrected chi connectivity index (χ3v) is 4.25.